The van der Waals surface area contributed by atoms with E-state index in [9.17, 15) is 4.79 Å². The number of carbonyl (C=O) groups excluding carboxylic acids is 1. The summed E-state index contributed by atoms with van der Waals surface area (Å²) >= 11 is 0. The van der Waals surface area contributed by atoms with Gasteiger partial charge in [-0.3, -0.25) is 4.79 Å². The summed E-state index contributed by atoms with van der Waals surface area (Å²) in [4.78, 5) is 14.0. The zero-order valence-corrected chi connectivity index (χ0v) is 17.7. The fraction of sp³-hybridized carbons (Fsp3) is 0.217. The standard InChI is InChI=1S/C18H14N4O2.C3H5NO.C2H6/c19-10-12-5-4-8-14(9-12)16-15(20-11-23-16)18-22-21-17(24-18)13-6-2-1-3-7-13;1-2-3(5)4-2;1-2/h1-9,11H,10,19H2;2H,1H3,(H,4,5);1-2H3. The molecule has 31 heavy (non-hydrogen) atoms. The molecule has 3 heterocycles. The molecule has 8 nitrogen and oxygen atoms in total. The van der Waals surface area contributed by atoms with Crippen LogP contribution >= 0.6 is 0 Å². The molecule has 0 spiro atoms. The third-order valence-electron chi connectivity index (χ3n) is 4.31. The van der Waals surface area contributed by atoms with Crippen LogP contribution in [0.2, 0.25) is 0 Å². The van der Waals surface area contributed by atoms with Crippen LogP contribution in [0.25, 0.3) is 34.4 Å². The van der Waals surface area contributed by atoms with E-state index in [2.05, 4.69) is 20.5 Å². The number of amides is 1. The number of nitrogens with one attached hydrogen (secondary N) is 1. The quantitative estimate of drug-likeness (QED) is 0.477. The molecule has 2 aromatic carbocycles. The van der Waals surface area contributed by atoms with Gasteiger partial charge in [-0.1, -0.05) is 50.2 Å². The van der Waals surface area contributed by atoms with Crippen molar-refractivity contribution in [2.45, 2.75) is 33.4 Å². The molecule has 1 atom stereocenters. The Morgan fingerprint density at radius 1 is 1.00 bits per heavy atom. The van der Waals surface area contributed by atoms with E-state index in [0.717, 1.165) is 16.7 Å². The number of oxazole rings is 1. The molecule has 2 aromatic heterocycles. The molecule has 0 saturated carbocycles. The van der Waals surface area contributed by atoms with Gasteiger partial charge in [0.25, 0.3) is 5.89 Å². The Morgan fingerprint density at radius 3 is 2.29 bits per heavy atom. The molecule has 1 unspecified atom stereocenters. The van der Waals surface area contributed by atoms with Crippen LogP contribution in [0.1, 0.15) is 26.3 Å². The normalized spacial score (nSPS) is 13.9. The van der Waals surface area contributed by atoms with Gasteiger partial charge in [0.2, 0.25) is 11.8 Å². The smallest absolute Gasteiger partial charge is 0.270 e. The molecule has 4 aromatic rings. The maximum absolute atomic E-state index is 9.78. The van der Waals surface area contributed by atoms with Crippen LogP contribution in [0.4, 0.5) is 0 Å². The Bertz CT molecular complexity index is 1120. The Morgan fingerprint density at radius 2 is 1.65 bits per heavy atom. The number of rotatable bonds is 4. The summed E-state index contributed by atoms with van der Waals surface area (Å²) in [6.45, 7) is 6.29. The van der Waals surface area contributed by atoms with E-state index in [1.54, 1.807) is 0 Å². The summed E-state index contributed by atoms with van der Waals surface area (Å²) in [7, 11) is 0. The van der Waals surface area contributed by atoms with Crippen molar-refractivity contribution in [3.8, 4) is 34.4 Å². The van der Waals surface area contributed by atoms with Crippen molar-refractivity contribution in [3.05, 3.63) is 66.6 Å². The predicted molar refractivity (Wildman–Crippen MR) is 118 cm³/mol. The number of hydrogen-bond donors (Lipinski definition) is 2. The molecule has 0 bridgehead atoms. The number of nitrogens with two attached hydrogens (primary N) is 1. The molecule has 1 aliphatic heterocycles. The number of hydrogen-bond acceptors (Lipinski definition) is 7. The van der Waals surface area contributed by atoms with Crippen molar-refractivity contribution in [3.63, 3.8) is 0 Å². The lowest BCUT2D eigenvalue weighted by molar-refractivity contribution is -0.110. The van der Waals surface area contributed by atoms with E-state index in [1.165, 1.54) is 6.39 Å². The highest BCUT2D eigenvalue weighted by Gasteiger charge is 2.26. The summed E-state index contributed by atoms with van der Waals surface area (Å²) in [6, 6.07) is 17.5. The van der Waals surface area contributed by atoms with Gasteiger partial charge in [0.15, 0.2) is 17.8 Å². The molecule has 5 rings (SSSR count). The average molecular weight is 419 g/mol. The number of benzene rings is 2. The van der Waals surface area contributed by atoms with Gasteiger partial charge >= 0.3 is 0 Å². The Labute approximate surface area is 180 Å². The highest BCUT2D eigenvalue weighted by Crippen LogP contribution is 2.32. The Balaban J connectivity index is 0.000000337. The van der Waals surface area contributed by atoms with Crippen molar-refractivity contribution >= 4 is 5.91 Å². The Kier molecular flexibility index (Phi) is 7.29. The molecule has 3 N–H and O–H groups in total. The lowest BCUT2D eigenvalue weighted by atomic mass is 10.1. The van der Waals surface area contributed by atoms with Gasteiger partial charge in [-0.15, -0.1) is 10.2 Å². The first-order chi connectivity index (χ1) is 15.2. The highest BCUT2D eigenvalue weighted by molar-refractivity contribution is 5.96. The first kappa shape index (κ1) is 21.9. The monoisotopic (exact) mass is 419 g/mol. The van der Waals surface area contributed by atoms with Gasteiger partial charge in [-0.2, -0.15) is 0 Å². The van der Waals surface area contributed by atoms with Crippen LogP contribution in [-0.4, -0.2) is 27.1 Å². The minimum Gasteiger partial charge on any atom is -0.443 e. The molecule has 1 amide bonds. The van der Waals surface area contributed by atoms with Crippen molar-refractivity contribution in [1.82, 2.24) is 20.5 Å². The topological polar surface area (TPSA) is 130 Å². The second-order valence-electron chi connectivity index (χ2n) is 6.44. The molecular formula is C23H25N5O3. The van der Waals surface area contributed by atoms with E-state index in [1.807, 2.05) is 75.4 Å². The van der Waals surface area contributed by atoms with Gasteiger partial charge in [0, 0.05) is 17.7 Å². The largest absolute Gasteiger partial charge is 0.443 e. The van der Waals surface area contributed by atoms with Crippen molar-refractivity contribution in [2.75, 3.05) is 0 Å². The molecule has 1 saturated heterocycles. The van der Waals surface area contributed by atoms with Crippen molar-refractivity contribution < 1.29 is 13.6 Å². The minimum atomic E-state index is 0.162. The third-order valence-corrected chi connectivity index (χ3v) is 4.31. The van der Waals surface area contributed by atoms with Crippen LogP contribution in [0.3, 0.4) is 0 Å². The maximum atomic E-state index is 9.78. The molecule has 0 radical (unpaired) electrons. The van der Waals surface area contributed by atoms with Crippen LogP contribution < -0.4 is 11.1 Å². The van der Waals surface area contributed by atoms with E-state index >= 15 is 0 Å². The van der Waals surface area contributed by atoms with Gasteiger partial charge in [0.1, 0.15) is 6.04 Å². The van der Waals surface area contributed by atoms with Crippen LogP contribution in [0.15, 0.2) is 69.8 Å². The SMILES string of the molecule is CC.CC1NC1=O.NCc1cccc(-c2ocnc2-c2nnc(-c3ccccc3)o2)c1. The number of nitrogens with zero attached hydrogens (tertiary/aromatic N) is 3. The van der Waals surface area contributed by atoms with E-state index in [4.69, 9.17) is 14.6 Å². The second kappa shape index (κ2) is 10.3. The Hall–Kier alpha value is -3.78. The third kappa shape index (κ3) is 5.43. The maximum Gasteiger partial charge on any atom is 0.270 e. The van der Waals surface area contributed by atoms with E-state index in [-0.39, 0.29) is 11.9 Å². The summed E-state index contributed by atoms with van der Waals surface area (Å²) in [5, 5.41) is 10.7. The minimum absolute atomic E-state index is 0.162. The van der Waals surface area contributed by atoms with Crippen LogP contribution in [0.5, 0.6) is 0 Å². The lowest BCUT2D eigenvalue weighted by Gasteiger charge is -2.01. The van der Waals surface area contributed by atoms with Crippen molar-refractivity contribution in [1.29, 1.82) is 0 Å². The van der Waals surface area contributed by atoms with Gasteiger partial charge in [-0.25, -0.2) is 4.98 Å². The fourth-order valence-electron chi connectivity index (χ4n) is 2.63. The molecule has 1 fully saturated rings. The first-order valence-electron chi connectivity index (χ1n) is 10.1. The fourth-order valence-corrected chi connectivity index (χ4v) is 2.63. The molecule has 160 valence electrons. The summed E-state index contributed by atoms with van der Waals surface area (Å²) in [5.41, 5.74) is 8.94. The van der Waals surface area contributed by atoms with Gasteiger partial charge < -0.3 is 19.9 Å². The summed E-state index contributed by atoms with van der Waals surface area (Å²) < 4.78 is 11.3. The molecule has 8 heteroatoms. The summed E-state index contributed by atoms with van der Waals surface area (Å²) in [6.07, 6.45) is 1.37. The molecule has 0 aliphatic carbocycles. The number of carbonyl (C=O) groups is 1. The van der Waals surface area contributed by atoms with E-state index < -0.39 is 0 Å². The zero-order chi connectivity index (χ0) is 22.2. The molecule has 1 aliphatic rings. The van der Waals surface area contributed by atoms with Crippen molar-refractivity contribution in [2.24, 2.45) is 5.73 Å². The summed E-state index contributed by atoms with van der Waals surface area (Å²) in [5.74, 6) is 1.50. The predicted octanol–water partition coefficient (Wildman–Crippen LogP) is 4.05. The van der Waals surface area contributed by atoms with E-state index in [0.29, 0.717) is 29.8 Å². The first-order valence-corrected chi connectivity index (χ1v) is 10.1. The lowest BCUT2D eigenvalue weighted by Crippen LogP contribution is -1.95. The number of aromatic nitrogens is 3. The average Bonchev–Trinajstić information content (AvgIpc) is 3.26. The zero-order valence-electron chi connectivity index (χ0n) is 17.7. The highest BCUT2D eigenvalue weighted by atomic mass is 16.4. The second-order valence-corrected chi connectivity index (χ2v) is 6.44. The van der Waals surface area contributed by atoms with Crippen LogP contribution in [-0.2, 0) is 11.3 Å². The van der Waals surface area contributed by atoms with Crippen LogP contribution in [0, 0.1) is 0 Å². The molecular weight excluding hydrogens is 394 g/mol. The van der Waals surface area contributed by atoms with Gasteiger partial charge in [-0.05, 0) is 30.7 Å². The van der Waals surface area contributed by atoms with Gasteiger partial charge in [0.05, 0.1) is 0 Å².